The molecule has 1 fully saturated rings. The second-order valence-electron chi connectivity index (χ2n) is 14.9. The van der Waals surface area contributed by atoms with E-state index in [9.17, 15) is 99.9 Å². The zero-order chi connectivity index (χ0) is 49.8. The van der Waals surface area contributed by atoms with Gasteiger partial charge in [-0.15, -0.1) is 0 Å². The number of aliphatic hydroxyl groups excluding tert-OH is 1. The van der Waals surface area contributed by atoms with Crippen LogP contribution in [0.3, 0.4) is 0 Å². The Morgan fingerprint density at radius 2 is 1.04 bits per heavy atom. The third kappa shape index (κ3) is 8.58. The van der Waals surface area contributed by atoms with Gasteiger partial charge in [0.2, 0.25) is 18.1 Å². The largest absolute Gasteiger partial charge is 0.504 e. The van der Waals surface area contributed by atoms with Crippen molar-refractivity contribution in [1.29, 1.82) is 0 Å². The smallest absolute Gasteiger partial charge is 0.341 e. The van der Waals surface area contributed by atoms with Gasteiger partial charge in [0.25, 0.3) is 0 Å². The van der Waals surface area contributed by atoms with Crippen molar-refractivity contribution >= 4 is 41.8 Å². The van der Waals surface area contributed by atoms with E-state index in [1.807, 2.05) is 0 Å². The summed E-state index contributed by atoms with van der Waals surface area (Å²) in [6, 6.07) is 3.84. The molecule has 7 rings (SSSR count). The Bertz CT molecular complexity index is 2750. The molecule has 3 aliphatic heterocycles. The number of rotatable bonds is 9. The van der Waals surface area contributed by atoms with Crippen molar-refractivity contribution in [3.05, 3.63) is 70.3 Å². The molecule has 8 atom stereocenters. The number of carboxylic acids is 1. The number of phenolic OH excluding ortho intramolecular Hbond substituents is 11. The summed E-state index contributed by atoms with van der Waals surface area (Å²) in [6.45, 7) is -1.28. The van der Waals surface area contributed by atoms with E-state index in [2.05, 4.69) is 0 Å². The quantitative estimate of drug-likeness (QED) is 0.0455. The van der Waals surface area contributed by atoms with Gasteiger partial charge in [0.1, 0.15) is 12.7 Å². The molecule has 0 unspecified atom stereocenters. The summed E-state index contributed by atoms with van der Waals surface area (Å²) in [5, 5.41) is 133. The number of fused-ring (bicyclic) bond motifs is 2. The molecule has 4 aromatic rings. The number of benzene rings is 4. The molecule has 0 saturated carbocycles. The van der Waals surface area contributed by atoms with Crippen LogP contribution in [0.2, 0.25) is 0 Å². The highest BCUT2D eigenvalue weighted by molar-refractivity contribution is 5.98. The summed E-state index contributed by atoms with van der Waals surface area (Å²) in [7, 11) is 0. The van der Waals surface area contributed by atoms with Gasteiger partial charge in [0.05, 0.1) is 34.6 Å². The van der Waals surface area contributed by atoms with Crippen LogP contribution in [0.1, 0.15) is 59.3 Å². The highest BCUT2D eigenvalue weighted by atomic mass is 16.7. The van der Waals surface area contributed by atoms with E-state index in [4.69, 9.17) is 33.2 Å². The van der Waals surface area contributed by atoms with Gasteiger partial charge in [0.15, 0.2) is 81.6 Å². The third-order valence-electron chi connectivity index (χ3n) is 10.6. The third-order valence-corrected chi connectivity index (χ3v) is 10.6. The van der Waals surface area contributed by atoms with Crippen molar-refractivity contribution in [2.24, 2.45) is 5.92 Å². The molecule has 3 heterocycles. The monoisotopic (exact) mass is 956 g/mol. The van der Waals surface area contributed by atoms with E-state index in [1.54, 1.807) is 0 Å². The van der Waals surface area contributed by atoms with Crippen LogP contribution in [0.5, 0.6) is 69.0 Å². The minimum atomic E-state index is -2.57. The van der Waals surface area contributed by atoms with E-state index in [-0.39, 0.29) is 0 Å². The highest BCUT2D eigenvalue weighted by Gasteiger charge is 2.57. The Kier molecular flexibility index (Phi) is 12.2. The van der Waals surface area contributed by atoms with Gasteiger partial charge >= 0.3 is 41.8 Å². The molecule has 0 aromatic heterocycles. The van der Waals surface area contributed by atoms with Gasteiger partial charge in [0, 0.05) is 11.5 Å². The lowest BCUT2D eigenvalue weighted by molar-refractivity contribution is -0.287. The molecule has 2 bridgehead atoms. The fraction of sp³-hybridized carbons (Fsp3) is 0.244. The lowest BCUT2D eigenvalue weighted by Gasteiger charge is -2.44. The Morgan fingerprint density at radius 1 is 0.574 bits per heavy atom. The Labute approximate surface area is 375 Å². The first-order chi connectivity index (χ1) is 32.0. The van der Waals surface area contributed by atoms with Gasteiger partial charge in [-0.1, -0.05) is 0 Å². The van der Waals surface area contributed by atoms with Crippen LogP contribution >= 0.6 is 0 Å². The first-order valence-corrected chi connectivity index (χ1v) is 19.1. The molecule has 0 amide bonds. The number of aliphatic hydroxyl groups is 1. The maximum Gasteiger partial charge on any atom is 0.341 e. The SMILES string of the molecule is O=C(O)C[C@@H]1C(=O)O[C@H]2[C@@H](OC(=O)c3cc(O)c(O)c(O)c3)[C@@H](OC(=O)c3cc(O)c(O)c4c3[C@H]1[C@@H](O)C(=O)O4)[C@H](OC(=O)c1cc(O)c(O)c(O)c1)O[C@@H]2COC(=O)c1cc(O)c(O)c(O)c1. The standard InChI is InChI=1S/C41H32O27/c42-15-1-10(2-16(43)26(15)51)35(56)62-9-22-31-33(66-36(57)11-3-17(44)27(52)18(45)4-11)34(41(63-22)68-37(58)12-5-19(46)28(53)20(47)6-12)67-38(59)13-7-21(48)29(54)32-25(13)24(30(55)40(61)65-32)14(8-23(49)50)39(60)64-31/h1-7,14,22,24,30-31,33-34,41-48,51-55H,8-9H2,(H,49,50)/t14-,22+,24-,30+,31+,33+,34+,41-/m0/s1. The van der Waals surface area contributed by atoms with Crippen molar-refractivity contribution in [2.75, 3.05) is 6.61 Å². The van der Waals surface area contributed by atoms with Crippen LogP contribution in [0.15, 0.2) is 42.5 Å². The van der Waals surface area contributed by atoms with Crippen molar-refractivity contribution in [1.82, 2.24) is 0 Å². The van der Waals surface area contributed by atoms with Crippen LogP contribution in [-0.4, -0.2) is 152 Å². The predicted octanol–water partition coefficient (Wildman–Crippen LogP) is 0.0179. The van der Waals surface area contributed by atoms with Crippen LogP contribution in [-0.2, 0) is 42.8 Å². The zero-order valence-electron chi connectivity index (χ0n) is 33.6. The van der Waals surface area contributed by atoms with Crippen molar-refractivity contribution < 1.29 is 133 Å². The first kappa shape index (κ1) is 46.9. The van der Waals surface area contributed by atoms with Gasteiger partial charge in [-0.05, 0) is 42.5 Å². The molecule has 358 valence electrons. The van der Waals surface area contributed by atoms with Crippen LogP contribution < -0.4 is 4.74 Å². The molecule has 0 aliphatic carbocycles. The lowest BCUT2D eigenvalue weighted by Crippen LogP contribution is -2.63. The zero-order valence-corrected chi connectivity index (χ0v) is 33.6. The van der Waals surface area contributed by atoms with Crippen LogP contribution in [0.25, 0.3) is 0 Å². The summed E-state index contributed by atoms with van der Waals surface area (Å²) >= 11 is 0. The Hall–Kier alpha value is -9.11. The highest BCUT2D eigenvalue weighted by Crippen LogP contribution is 2.51. The lowest BCUT2D eigenvalue weighted by atomic mass is 9.76. The Balaban J connectivity index is 1.44. The average Bonchev–Trinajstić information content (AvgIpc) is 3.28. The fourth-order valence-electron chi connectivity index (χ4n) is 7.37. The van der Waals surface area contributed by atoms with E-state index in [1.165, 1.54) is 0 Å². The van der Waals surface area contributed by atoms with Gasteiger partial charge < -0.3 is 99.5 Å². The second kappa shape index (κ2) is 17.7. The number of carboxylic acid groups (broad SMARTS) is 1. The average molecular weight is 957 g/mol. The minimum absolute atomic E-state index is 0.449. The van der Waals surface area contributed by atoms with E-state index < -0.39 is 200 Å². The molecule has 4 aromatic carbocycles. The molecule has 68 heavy (non-hydrogen) atoms. The van der Waals surface area contributed by atoms with Crippen molar-refractivity contribution in [2.45, 2.75) is 49.1 Å². The molecule has 3 aliphatic rings. The minimum Gasteiger partial charge on any atom is -0.504 e. The number of ether oxygens (including phenoxy) is 7. The Morgan fingerprint density at radius 3 is 1.54 bits per heavy atom. The number of carbonyl (C=O) groups is 7. The number of esters is 6. The molecule has 27 nitrogen and oxygen atoms in total. The normalized spacial score (nSPS) is 23.0. The molecular weight excluding hydrogens is 924 g/mol. The van der Waals surface area contributed by atoms with Gasteiger partial charge in [-0.2, -0.15) is 0 Å². The van der Waals surface area contributed by atoms with Crippen LogP contribution in [0, 0.1) is 5.92 Å². The molecule has 27 heteroatoms. The summed E-state index contributed by atoms with van der Waals surface area (Å²) in [5.41, 5.74) is -4.15. The van der Waals surface area contributed by atoms with Gasteiger partial charge in [-0.25, -0.2) is 24.0 Å². The number of phenols is 11. The molecule has 0 radical (unpaired) electrons. The summed E-state index contributed by atoms with van der Waals surface area (Å²) < 4.78 is 38.6. The van der Waals surface area contributed by atoms with E-state index in [0.29, 0.717) is 42.5 Å². The molecular formula is C41H32O27. The topological polar surface area (TPSA) is 447 Å². The van der Waals surface area contributed by atoms with Gasteiger partial charge in [-0.3, -0.25) is 9.59 Å². The first-order valence-electron chi connectivity index (χ1n) is 19.1. The van der Waals surface area contributed by atoms with Crippen LogP contribution in [0.4, 0.5) is 0 Å². The molecule has 1 saturated heterocycles. The maximum atomic E-state index is 14.5. The predicted molar refractivity (Wildman–Crippen MR) is 207 cm³/mol. The number of aliphatic carboxylic acids is 1. The van der Waals surface area contributed by atoms with E-state index in [0.717, 1.165) is 0 Å². The number of aromatic hydroxyl groups is 11. The number of carbonyl (C=O) groups excluding carboxylic acids is 6. The van der Waals surface area contributed by atoms with Crippen molar-refractivity contribution in [3.8, 4) is 69.0 Å². The number of hydrogen-bond acceptors (Lipinski definition) is 26. The van der Waals surface area contributed by atoms with Crippen molar-refractivity contribution in [3.63, 3.8) is 0 Å². The van der Waals surface area contributed by atoms with E-state index >= 15 is 0 Å². The maximum absolute atomic E-state index is 14.5. The summed E-state index contributed by atoms with van der Waals surface area (Å²) in [6.07, 6.45) is -16.3. The molecule has 13 N–H and O–H groups in total. The number of hydrogen-bond donors (Lipinski definition) is 13. The second-order valence-corrected chi connectivity index (χ2v) is 14.9. The summed E-state index contributed by atoms with van der Waals surface area (Å²) in [5.74, 6) is -29.8. The molecule has 0 spiro atoms. The fourth-order valence-corrected chi connectivity index (χ4v) is 7.37. The summed E-state index contributed by atoms with van der Waals surface area (Å²) in [4.78, 5) is 95.4.